The Hall–Kier alpha value is -0.500. The summed E-state index contributed by atoms with van der Waals surface area (Å²) < 4.78 is 35.2. The molecule has 0 aliphatic heterocycles. The number of rotatable bonds is 6. The average Bonchev–Trinajstić information content (AvgIpc) is 2.67. The third-order valence-corrected chi connectivity index (χ3v) is 5.15. The number of nitrogens with zero attached hydrogens (tertiary/aromatic N) is 1. The number of sulfonamides is 1. The summed E-state index contributed by atoms with van der Waals surface area (Å²) in [6, 6.07) is 1.49. The van der Waals surface area contributed by atoms with Crippen molar-refractivity contribution in [2.24, 2.45) is 0 Å². The van der Waals surface area contributed by atoms with E-state index in [4.69, 9.17) is 4.74 Å². The summed E-state index contributed by atoms with van der Waals surface area (Å²) in [7, 11) is -3.38. The fourth-order valence-corrected chi connectivity index (χ4v) is 3.13. The van der Waals surface area contributed by atoms with Gasteiger partial charge in [-0.3, -0.25) is 0 Å². The fourth-order valence-electron chi connectivity index (χ4n) is 1.35. The highest BCUT2D eigenvalue weighted by atomic mass is 32.2. The Kier molecular flexibility index (Phi) is 3.91. The zero-order valence-electron chi connectivity index (χ0n) is 8.76. The molecule has 0 bridgehead atoms. The van der Waals surface area contributed by atoms with Gasteiger partial charge in [-0.15, -0.1) is 0 Å². The lowest BCUT2D eigenvalue weighted by atomic mass is 9.96. The summed E-state index contributed by atoms with van der Waals surface area (Å²) in [4.78, 5) is 0. The van der Waals surface area contributed by atoms with E-state index in [9.17, 15) is 8.42 Å². The van der Waals surface area contributed by atoms with Crippen LogP contribution in [0, 0.1) is 0 Å². The number of nitrogens with one attached hydrogen (secondary N) is 1. The number of ether oxygens (including phenoxy) is 1. The van der Waals surface area contributed by atoms with E-state index in [1.165, 1.54) is 18.7 Å². The molecule has 1 N–H and O–H groups in total. The monoisotopic (exact) mass is 262 g/mol. The molecule has 1 fully saturated rings. The van der Waals surface area contributed by atoms with E-state index in [1.54, 1.807) is 0 Å². The van der Waals surface area contributed by atoms with Gasteiger partial charge in [-0.05, 0) is 36.9 Å². The van der Waals surface area contributed by atoms with E-state index in [-0.39, 0.29) is 4.21 Å². The van der Waals surface area contributed by atoms with E-state index >= 15 is 0 Å². The van der Waals surface area contributed by atoms with Gasteiger partial charge < -0.3 is 4.74 Å². The molecule has 1 saturated carbocycles. The first kappa shape index (κ1) is 12.0. The number of aromatic nitrogens is 1. The van der Waals surface area contributed by atoms with Gasteiger partial charge >= 0.3 is 0 Å². The normalized spacial score (nSPS) is 17.2. The highest BCUT2D eigenvalue weighted by Crippen LogP contribution is 2.21. The van der Waals surface area contributed by atoms with Gasteiger partial charge in [0, 0.05) is 12.7 Å². The summed E-state index contributed by atoms with van der Waals surface area (Å²) in [6.07, 6.45) is 5.23. The van der Waals surface area contributed by atoms with Crippen LogP contribution in [0.2, 0.25) is 0 Å². The van der Waals surface area contributed by atoms with Crippen LogP contribution in [-0.4, -0.2) is 32.0 Å². The predicted molar refractivity (Wildman–Crippen MR) is 60.9 cm³/mol. The highest BCUT2D eigenvalue weighted by molar-refractivity contribution is 7.91. The minimum atomic E-state index is -3.38. The Balaban J connectivity index is 1.72. The van der Waals surface area contributed by atoms with E-state index < -0.39 is 10.0 Å². The van der Waals surface area contributed by atoms with Crippen LogP contribution < -0.4 is 4.72 Å². The predicted octanol–water partition coefficient (Wildman–Crippen LogP) is 0.990. The molecule has 1 aromatic heterocycles. The first-order valence-electron chi connectivity index (χ1n) is 5.20. The van der Waals surface area contributed by atoms with Crippen LogP contribution in [0.3, 0.4) is 0 Å². The standard InChI is InChI=1S/C9H14N2O3S2/c12-16(13,9-4-5-10-15-9)11-6-7-14-8-2-1-3-8/h4-5,8,11H,1-3,6-7H2. The maximum atomic E-state index is 11.6. The molecule has 0 unspecified atom stereocenters. The molecule has 5 nitrogen and oxygen atoms in total. The van der Waals surface area contributed by atoms with Crippen LogP contribution >= 0.6 is 11.5 Å². The maximum absolute atomic E-state index is 11.6. The van der Waals surface area contributed by atoms with Crippen molar-refractivity contribution in [3.63, 3.8) is 0 Å². The largest absolute Gasteiger partial charge is 0.377 e. The minimum Gasteiger partial charge on any atom is -0.377 e. The quantitative estimate of drug-likeness (QED) is 0.776. The molecular formula is C9H14N2O3S2. The smallest absolute Gasteiger partial charge is 0.251 e. The van der Waals surface area contributed by atoms with Crippen molar-refractivity contribution < 1.29 is 13.2 Å². The Morgan fingerprint density at radius 3 is 2.94 bits per heavy atom. The molecule has 0 radical (unpaired) electrons. The molecule has 16 heavy (non-hydrogen) atoms. The lowest BCUT2D eigenvalue weighted by Gasteiger charge is -2.25. The fraction of sp³-hybridized carbons (Fsp3) is 0.667. The zero-order chi connectivity index (χ0) is 11.4. The van der Waals surface area contributed by atoms with Gasteiger partial charge in [0.05, 0.1) is 12.7 Å². The zero-order valence-corrected chi connectivity index (χ0v) is 10.4. The number of hydrogen-bond acceptors (Lipinski definition) is 5. The maximum Gasteiger partial charge on any atom is 0.251 e. The summed E-state index contributed by atoms with van der Waals surface area (Å²) in [5.41, 5.74) is 0. The molecule has 7 heteroatoms. The van der Waals surface area contributed by atoms with Crippen molar-refractivity contribution in [2.75, 3.05) is 13.2 Å². The molecule has 0 saturated heterocycles. The van der Waals surface area contributed by atoms with Gasteiger partial charge in [-0.25, -0.2) is 13.1 Å². The Morgan fingerprint density at radius 1 is 1.56 bits per heavy atom. The van der Waals surface area contributed by atoms with Crippen molar-refractivity contribution >= 4 is 21.6 Å². The molecule has 0 atom stereocenters. The third kappa shape index (κ3) is 3.00. The molecule has 1 heterocycles. The van der Waals surface area contributed by atoms with Gasteiger partial charge in [-0.2, -0.15) is 4.37 Å². The van der Waals surface area contributed by atoms with Crippen LogP contribution in [0.4, 0.5) is 0 Å². The third-order valence-electron chi connectivity index (χ3n) is 2.48. The lowest BCUT2D eigenvalue weighted by Crippen LogP contribution is -2.30. The van der Waals surface area contributed by atoms with Gasteiger partial charge in [-0.1, -0.05) is 0 Å². The van der Waals surface area contributed by atoms with Crippen LogP contribution in [0.1, 0.15) is 19.3 Å². The summed E-state index contributed by atoms with van der Waals surface area (Å²) in [5, 5.41) is 0. The molecule has 0 spiro atoms. The van der Waals surface area contributed by atoms with Gasteiger partial charge in [0.2, 0.25) is 0 Å². The van der Waals surface area contributed by atoms with E-state index in [0.717, 1.165) is 24.4 Å². The molecule has 0 aromatic carbocycles. The summed E-state index contributed by atoms with van der Waals surface area (Å²) in [6.45, 7) is 0.749. The van der Waals surface area contributed by atoms with Crippen LogP contribution in [0.5, 0.6) is 0 Å². The molecule has 1 aliphatic carbocycles. The van der Waals surface area contributed by atoms with E-state index in [1.807, 2.05) is 0 Å². The molecular weight excluding hydrogens is 248 g/mol. The molecule has 90 valence electrons. The second kappa shape index (κ2) is 5.22. The Labute approximate surface area is 99.0 Å². The minimum absolute atomic E-state index is 0.246. The molecule has 2 rings (SSSR count). The second-order valence-electron chi connectivity index (χ2n) is 3.65. The van der Waals surface area contributed by atoms with E-state index in [0.29, 0.717) is 19.3 Å². The first-order valence-corrected chi connectivity index (χ1v) is 7.46. The topological polar surface area (TPSA) is 68.3 Å². The van der Waals surface area contributed by atoms with Gasteiger partial charge in [0.25, 0.3) is 10.0 Å². The summed E-state index contributed by atoms with van der Waals surface area (Å²) in [5.74, 6) is 0. The Bertz CT molecular complexity index is 412. The highest BCUT2D eigenvalue weighted by Gasteiger charge is 2.18. The first-order chi connectivity index (χ1) is 7.68. The summed E-state index contributed by atoms with van der Waals surface area (Å²) >= 11 is 0.969. The van der Waals surface area contributed by atoms with Crippen molar-refractivity contribution in [2.45, 2.75) is 29.6 Å². The number of hydrogen-bond donors (Lipinski definition) is 1. The van der Waals surface area contributed by atoms with E-state index in [2.05, 4.69) is 9.10 Å². The van der Waals surface area contributed by atoms with Crippen molar-refractivity contribution in [1.82, 2.24) is 9.10 Å². The molecule has 0 amide bonds. The average molecular weight is 262 g/mol. The second-order valence-corrected chi connectivity index (χ2v) is 6.48. The Morgan fingerprint density at radius 2 is 2.38 bits per heavy atom. The van der Waals surface area contributed by atoms with Gasteiger partial charge in [0.1, 0.15) is 0 Å². The van der Waals surface area contributed by atoms with Crippen LogP contribution in [0.15, 0.2) is 16.5 Å². The van der Waals surface area contributed by atoms with Crippen molar-refractivity contribution in [1.29, 1.82) is 0 Å². The van der Waals surface area contributed by atoms with Gasteiger partial charge in [0.15, 0.2) is 4.21 Å². The van der Waals surface area contributed by atoms with Crippen LogP contribution in [-0.2, 0) is 14.8 Å². The van der Waals surface area contributed by atoms with Crippen molar-refractivity contribution in [3.05, 3.63) is 12.3 Å². The van der Waals surface area contributed by atoms with Crippen molar-refractivity contribution in [3.8, 4) is 0 Å². The molecule has 1 aromatic rings. The molecule has 1 aliphatic rings. The lowest BCUT2D eigenvalue weighted by molar-refractivity contribution is 0.00578. The SMILES string of the molecule is O=S(=O)(NCCOC1CCC1)c1ccns1. The van der Waals surface area contributed by atoms with Crippen LogP contribution in [0.25, 0.3) is 0 Å².